The van der Waals surface area contributed by atoms with Crippen molar-refractivity contribution in [3.63, 3.8) is 0 Å². The summed E-state index contributed by atoms with van der Waals surface area (Å²) in [4.78, 5) is 12.0. The molecule has 0 saturated carbocycles. The summed E-state index contributed by atoms with van der Waals surface area (Å²) >= 11 is 0. The van der Waals surface area contributed by atoms with Crippen LogP contribution in [-0.4, -0.2) is 12.1 Å². The molecular weight excluding hydrogens is 345 g/mol. The average Bonchev–Trinajstić information content (AvgIpc) is 2.69. The molecule has 5 nitrogen and oxygen atoms in total. The molecule has 0 atom stereocenters. The number of nitrogens with zero attached hydrogens (tertiary/aromatic N) is 2. The molecule has 3 rings (SSSR count). The van der Waals surface area contributed by atoms with E-state index in [9.17, 15) is 9.18 Å². The number of halogens is 1. The number of hydrogen-bond donors (Lipinski definition) is 1. The third-order valence-corrected chi connectivity index (χ3v) is 3.56. The van der Waals surface area contributed by atoms with E-state index in [4.69, 9.17) is 10.00 Å². The van der Waals surface area contributed by atoms with E-state index in [1.54, 1.807) is 24.3 Å². The number of carbonyl (C=O) groups is 1. The number of para-hydroxylation sites is 1. The van der Waals surface area contributed by atoms with Crippen molar-refractivity contribution in [3.05, 3.63) is 95.3 Å². The minimum Gasteiger partial charge on any atom is -0.457 e. The van der Waals surface area contributed by atoms with Crippen LogP contribution in [0.3, 0.4) is 0 Å². The van der Waals surface area contributed by atoms with Gasteiger partial charge in [0.25, 0.3) is 5.91 Å². The van der Waals surface area contributed by atoms with E-state index in [1.807, 2.05) is 36.4 Å². The second kappa shape index (κ2) is 8.41. The molecule has 3 aromatic carbocycles. The minimum atomic E-state index is -0.778. The highest BCUT2D eigenvalue weighted by atomic mass is 19.1. The van der Waals surface area contributed by atoms with Crippen LogP contribution in [0.5, 0.6) is 11.5 Å². The van der Waals surface area contributed by atoms with Gasteiger partial charge in [0, 0.05) is 0 Å². The van der Waals surface area contributed by atoms with Gasteiger partial charge in [-0.25, -0.2) is 9.82 Å². The van der Waals surface area contributed by atoms with Crippen LogP contribution in [-0.2, 0) is 0 Å². The summed E-state index contributed by atoms with van der Waals surface area (Å²) in [6.45, 7) is 0. The largest absolute Gasteiger partial charge is 0.457 e. The van der Waals surface area contributed by atoms with Crippen molar-refractivity contribution >= 4 is 12.1 Å². The first kappa shape index (κ1) is 17.8. The lowest BCUT2D eigenvalue weighted by Gasteiger charge is -2.06. The number of hydrazone groups is 1. The van der Waals surface area contributed by atoms with Gasteiger partial charge in [-0.1, -0.05) is 30.3 Å². The van der Waals surface area contributed by atoms with Crippen molar-refractivity contribution in [1.29, 1.82) is 5.26 Å². The highest BCUT2D eigenvalue weighted by molar-refractivity contribution is 5.95. The summed E-state index contributed by atoms with van der Waals surface area (Å²) in [5.74, 6) is -0.157. The van der Waals surface area contributed by atoms with Crippen LogP contribution in [0, 0.1) is 17.1 Å². The maximum absolute atomic E-state index is 13.8. The number of rotatable bonds is 5. The third-order valence-electron chi connectivity index (χ3n) is 3.56. The Kier molecular flexibility index (Phi) is 5.55. The Morgan fingerprint density at radius 2 is 1.81 bits per heavy atom. The maximum Gasteiger partial charge on any atom is 0.274 e. The molecule has 1 N–H and O–H groups in total. The molecule has 0 bridgehead atoms. The predicted octanol–water partition coefficient (Wildman–Crippen LogP) is 4.25. The molecule has 0 spiro atoms. The van der Waals surface area contributed by atoms with Gasteiger partial charge < -0.3 is 4.74 Å². The normalized spacial score (nSPS) is 10.4. The zero-order valence-corrected chi connectivity index (χ0v) is 14.1. The summed E-state index contributed by atoms with van der Waals surface area (Å²) in [5.41, 5.74) is 2.91. The lowest BCUT2D eigenvalue weighted by molar-refractivity contribution is 0.0951. The molecule has 27 heavy (non-hydrogen) atoms. The van der Waals surface area contributed by atoms with Gasteiger partial charge >= 0.3 is 0 Å². The van der Waals surface area contributed by atoms with Crippen LogP contribution in [0.4, 0.5) is 4.39 Å². The van der Waals surface area contributed by atoms with Crippen LogP contribution in [0.2, 0.25) is 0 Å². The van der Waals surface area contributed by atoms with E-state index in [-0.39, 0.29) is 11.1 Å². The molecule has 0 heterocycles. The maximum atomic E-state index is 13.8. The zero-order chi connectivity index (χ0) is 19.1. The third kappa shape index (κ3) is 4.77. The average molecular weight is 359 g/mol. The van der Waals surface area contributed by atoms with Crippen LogP contribution >= 0.6 is 0 Å². The fourth-order valence-corrected chi connectivity index (χ4v) is 2.28. The Balaban J connectivity index is 1.65. The molecule has 0 radical (unpaired) electrons. The van der Waals surface area contributed by atoms with Crippen molar-refractivity contribution in [2.75, 3.05) is 0 Å². The van der Waals surface area contributed by atoms with E-state index in [1.165, 1.54) is 18.3 Å². The van der Waals surface area contributed by atoms with Crippen LogP contribution in [0.1, 0.15) is 21.5 Å². The number of nitrogens with one attached hydrogen (secondary N) is 1. The number of hydrogen-bond acceptors (Lipinski definition) is 4. The molecule has 0 saturated heterocycles. The summed E-state index contributed by atoms with van der Waals surface area (Å²) in [7, 11) is 0. The van der Waals surface area contributed by atoms with E-state index >= 15 is 0 Å². The highest BCUT2D eigenvalue weighted by Gasteiger charge is 2.11. The molecule has 1 amide bonds. The van der Waals surface area contributed by atoms with E-state index in [2.05, 4.69) is 10.5 Å². The highest BCUT2D eigenvalue weighted by Crippen LogP contribution is 2.21. The van der Waals surface area contributed by atoms with Crippen molar-refractivity contribution in [3.8, 4) is 17.6 Å². The number of amides is 1. The Morgan fingerprint density at radius 1 is 1.04 bits per heavy atom. The molecule has 0 aromatic heterocycles. The smallest absolute Gasteiger partial charge is 0.274 e. The second-order valence-corrected chi connectivity index (χ2v) is 5.49. The van der Waals surface area contributed by atoms with E-state index in [0.29, 0.717) is 17.1 Å². The number of nitriles is 1. The zero-order valence-electron chi connectivity index (χ0n) is 14.1. The van der Waals surface area contributed by atoms with Gasteiger partial charge in [-0.05, 0) is 48.0 Å². The number of benzene rings is 3. The van der Waals surface area contributed by atoms with E-state index in [0.717, 1.165) is 6.07 Å². The molecular formula is C21H14FN3O2. The molecule has 0 aliphatic rings. The van der Waals surface area contributed by atoms with Gasteiger partial charge in [0.1, 0.15) is 17.3 Å². The summed E-state index contributed by atoms with van der Waals surface area (Å²) in [6.07, 6.45) is 1.43. The van der Waals surface area contributed by atoms with Crippen molar-refractivity contribution in [1.82, 2.24) is 5.43 Å². The fourth-order valence-electron chi connectivity index (χ4n) is 2.28. The van der Waals surface area contributed by atoms with Gasteiger partial charge in [0.15, 0.2) is 0 Å². The topological polar surface area (TPSA) is 74.5 Å². The SMILES string of the molecule is N#Cc1ccc(C(=O)N/N=C/c2cccc(Oc3ccccc3)c2)c(F)c1. The second-order valence-electron chi connectivity index (χ2n) is 5.49. The first-order valence-electron chi connectivity index (χ1n) is 8.02. The molecule has 0 fully saturated rings. The molecule has 0 aliphatic carbocycles. The lowest BCUT2D eigenvalue weighted by atomic mass is 10.1. The molecule has 0 aliphatic heterocycles. The molecule has 6 heteroatoms. The minimum absolute atomic E-state index is 0.141. The Bertz CT molecular complexity index is 1030. The summed E-state index contributed by atoms with van der Waals surface area (Å²) < 4.78 is 19.5. The van der Waals surface area contributed by atoms with Gasteiger partial charge in [-0.2, -0.15) is 10.4 Å². The van der Waals surface area contributed by atoms with Gasteiger partial charge in [0.05, 0.1) is 23.4 Å². The van der Waals surface area contributed by atoms with Gasteiger partial charge in [0.2, 0.25) is 0 Å². The standard InChI is InChI=1S/C21H14FN3O2/c22-20-12-15(13-23)9-10-19(20)21(26)25-24-14-16-5-4-8-18(11-16)27-17-6-2-1-3-7-17/h1-12,14H,(H,25,26)/b24-14+. The fraction of sp³-hybridized carbons (Fsp3) is 0. The quantitative estimate of drug-likeness (QED) is 0.546. The van der Waals surface area contributed by atoms with Gasteiger partial charge in [-0.15, -0.1) is 0 Å². The number of ether oxygens (including phenoxy) is 1. The van der Waals surface area contributed by atoms with Crippen molar-refractivity contribution in [2.45, 2.75) is 0 Å². The molecule has 0 unspecified atom stereocenters. The molecule has 3 aromatic rings. The first-order valence-corrected chi connectivity index (χ1v) is 8.02. The Labute approximate surface area is 155 Å². The van der Waals surface area contributed by atoms with Crippen LogP contribution < -0.4 is 10.2 Å². The van der Waals surface area contributed by atoms with Crippen LogP contribution in [0.25, 0.3) is 0 Å². The van der Waals surface area contributed by atoms with E-state index < -0.39 is 11.7 Å². The predicted molar refractivity (Wildman–Crippen MR) is 99.1 cm³/mol. The Hall–Kier alpha value is -3.98. The van der Waals surface area contributed by atoms with Crippen LogP contribution in [0.15, 0.2) is 77.9 Å². The first-order chi connectivity index (χ1) is 13.2. The monoisotopic (exact) mass is 359 g/mol. The Morgan fingerprint density at radius 3 is 2.56 bits per heavy atom. The summed E-state index contributed by atoms with van der Waals surface area (Å²) in [6, 6.07) is 21.9. The molecule has 132 valence electrons. The number of carbonyl (C=O) groups excluding carboxylic acids is 1. The van der Waals surface area contributed by atoms with Crippen molar-refractivity contribution < 1.29 is 13.9 Å². The van der Waals surface area contributed by atoms with Gasteiger partial charge in [-0.3, -0.25) is 4.79 Å². The lowest BCUT2D eigenvalue weighted by Crippen LogP contribution is -2.19. The summed E-state index contributed by atoms with van der Waals surface area (Å²) in [5, 5.41) is 12.6. The van der Waals surface area contributed by atoms with Crippen molar-refractivity contribution in [2.24, 2.45) is 5.10 Å².